The first-order valence-electron chi connectivity index (χ1n) is 17.1. The van der Waals surface area contributed by atoms with Gasteiger partial charge in [-0.3, -0.25) is 0 Å². The molecule has 0 atom stereocenters. The lowest BCUT2D eigenvalue weighted by atomic mass is 9.90. The highest BCUT2D eigenvalue weighted by atomic mass is 32.2. The molecular formula is C38H59NOS. The Morgan fingerprint density at radius 1 is 0.707 bits per heavy atom. The molecule has 3 heteroatoms. The van der Waals surface area contributed by atoms with Crippen LogP contribution >= 0.6 is 11.9 Å². The number of unbranched alkanes of at least 4 members (excludes halogenated alkanes) is 15. The van der Waals surface area contributed by atoms with Crippen molar-refractivity contribution in [1.82, 2.24) is 4.31 Å². The molecule has 0 unspecified atom stereocenters. The standard InChI is InChI=1S/C38H59NOS/c1-4-5-6-7-8-9-10-11-12-13-14-15-16-17-18-19-32-40-37-24-20-35(21-25-37)36-28-30-39(31-29-36)41-38-26-22-34(23-27-38)33(2)3/h20-27,36H,2,4-19,28-32H2,1,3H3. The van der Waals surface area contributed by atoms with Crippen LogP contribution in [0.2, 0.25) is 0 Å². The lowest BCUT2D eigenvalue weighted by molar-refractivity contribution is 0.304. The fourth-order valence-corrected chi connectivity index (χ4v) is 6.86. The van der Waals surface area contributed by atoms with E-state index in [-0.39, 0.29) is 0 Å². The summed E-state index contributed by atoms with van der Waals surface area (Å²) in [5, 5.41) is 0. The maximum Gasteiger partial charge on any atom is 0.119 e. The van der Waals surface area contributed by atoms with Gasteiger partial charge in [-0.2, -0.15) is 0 Å². The predicted octanol–water partition coefficient (Wildman–Crippen LogP) is 12.2. The van der Waals surface area contributed by atoms with Gasteiger partial charge in [-0.05, 0) is 79.4 Å². The molecule has 1 heterocycles. The average molecular weight is 578 g/mol. The number of ether oxygens (including phenoxy) is 1. The van der Waals surface area contributed by atoms with Gasteiger partial charge in [-0.1, -0.05) is 140 Å². The molecule has 228 valence electrons. The zero-order valence-electron chi connectivity index (χ0n) is 26.5. The van der Waals surface area contributed by atoms with Gasteiger partial charge in [0.25, 0.3) is 0 Å². The van der Waals surface area contributed by atoms with Gasteiger partial charge >= 0.3 is 0 Å². The number of piperidine rings is 1. The zero-order valence-corrected chi connectivity index (χ0v) is 27.3. The fraction of sp³-hybridized carbons (Fsp3) is 0.632. The molecule has 0 aromatic heterocycles. The van der Waals surface area contributed by atoms with Crippen molar-refractivity contribution < 1.29 is 4.74 Å². The summed E-state index contributed by atoms with van der Waals surface area (Å²) >= 11 is 1.89. The van der Waals surface area contributed by atoms with E-state index in [0.29, 0.717) is 5.92 Å². The van der Waals surface area contributed by atoms with E-state index in [0.717, 1.165) is 31.0 Å². The quantitative estimate of drug-likeness (QED) is 0.102. The van der Waals surface area contributed by atoms with Gasteiger partial charge in [-0.15, -0.1) is 0 Å². The Bertz CT molecular complexity index is 930. The second-order valence-corrected chi connectivity index (χ2v) is 13.5. The molecule has 2 aromatic rings. The summed E-state index contributed by atoms with van der Waals surface area (Å²) in [4.78, 5) is 1.32. The van der Waals surface area contributed by atoms with Crippen LogP contribution in [0.3, 0.4) is 0 Å². The molecule has 0 saturated carbocycles. The largest absolute Gasteiger partial charge is 0.494 e. The van der Waals surface area contributed by atoms with E-state index in [1.54, 1.807) is 0 Å². The normalized spacial score (nSPS) is 14.4. The maximum atomic E-state index is 6.06. The Morgan fingerprint density at radius 3 is 1.68 bits per heavy atom. The molecule has 0 N–H and O–H groups in total. The van der Waals surface area contributed by atoms with Gasteiger partial charge in [0.15, 0.2) is 0 Å². The maximum absolute atomic E-state index is 6.06. The van der Waals surface area contributed by atoms with Gasteiger partial charge in [0.05, 0.1) is 6.61 Å². The first-order valence-corrected chi connectivity index (χ1v) is 17.8. The van der Waals surface area contributed by atoms with Gasteiger partial charge < -0.3 is 4.74 Å². The lowest BCUT2D eigenvalue weighted by Gasteiger charge is -2.31. The minimum absolute atomic E-state index is 0.659. The molecule has 0 bridgehead atoms. The van der Waals surface area contributed by atoms with E-state index in [1.807, 2.05) is 11.9 Å². The first-order chi connectivity index (χ1) is 20.2. The van der Waals surface area contributed by atoms with Crippen LogP contribution in [0.1, 0.15) is 146 Å². The summed E-state index contributed by atoms with van der Waals surface area (Å²) in [6, 6.07) is 17.8. The Morgan fingerprint density at radius 2 is 1.20 bits per heavy atom. The zero-order chi connectivity index (χ0) is 29.0. The van der Waals surface area contributed by atoms with Crippen molar-refractivity contribution in [3.63, 3.8) is 0 Å². The van der Waals surface area contributed by atoms with Crippen molar-refractivity contribution >= 4 is 17.5 Å². The minimum Gasteiger partial charge on any atom is -0.494 e. The van der Waals surface area contributed by atoms with Crippen molar-refractivity contribution in [2.75, 3.05) is 19.7 Å². The molecule has 41 heavy (non-hydrogen) atoms. The minimum atomic E-state index is 0.659. The second kappa shape index (κ2) is 21.1. The Hall–Kier alpha value is -1.71. The predicted molar refractivity (Wildman–Crippen MR) is 182 cm³/mol. The highest BCUT2D eigenvalue weighted by molar-refractivity contribution is 7.97. The Labute approximate surface area is 257 Å². The molecular weight excluding hydrogens is 518 g/mol. The van der Waals surface area contributed by atoms with Crippen LogP contribution in [0.4, 0.5) is 0 Å². The second-order valence-electron chi connectivity index (χ2n) is 12.3. The lowest BCUT2D eigenvalue weighted by Crippen LogP contribution is -2.27. The number of rotatable bonds is 22. The van der Waals surface area contributed by atoms with E-state index >= 15 is 0 Å². The van der Waals surface area contributed by atoms with Crippen molar-refractivity contribution in [2.45, 2.75) is 140 Å². The third kappa shape index (κ3) is 14.3. The highest BCUT2D eigenvalue weighted by Crippen LogP contribution is 2.34. The molecule has 0 spiro atoms. The smallest absolute Gasteiger partial charge is 0.119 e. The van der Waals surface area contributed by atoms with E-state index in [2.05, 4.69) is 73.3 Å². The summed E-state index contributed by atoms with van der Waals surface area (Å²) in [6.45, 7) is 11.5. The number of nitrogens with zero attached hydrogens (tertiary/aromatic N) is 1. The Kier molecular flexibility index (Phi) is 17.3. The molecule has 0 radical (unpaired) electrons. The number of hydrogen-bond donors (Lipinski definition) is 0. The van der Waals surface area contributed by atoms with Crippen LogP contribution in [-0.4, -0.2) is 24.0 Å². The van der Waals surface area contributed by atoms with Crippen LogP contribution in [0.5, 0.6) is 5.75 Å². The van der Waals surface area contributed by atoms with Gasteiger partial charge in [-0.25, -0.2) is 4.31 Å². The number of hydrogen-bond acceptors (Lipinski definition) is 3. The Balaban J connectivity index is 1.15. The third-order valence-electron chi connectivity index (χ3n) is 8.65. The van der Waals surface area contributed by atoms with Crippen LogP contribution in [0.25, 0.3) is 5.57 Å². The van der Waals surface area contributed by atoms with Crippen LogP contribution in [-0.2, 0) is 0 Å². The number of allylic oxidation sites excluding steroid dienone is 1. The highest BCUT2D eigenvalue weighted by Gasteiger charge is 2.21. The molecule has 1 fully saturated rings. The van der Waals surface area contributed by atoms with Crippen LogP contribution in [0.15, 0.2) is 60.0 Å². The van der Waals surface area contributed by atoms with Crippen LogP contribution in [0, 0.1) is 0 Å². The average Bonchev–Trinajstić information content (AvgIpc) is 3.00. The SMILES string of the molecule is C=C(C)c1ccc(SN2CCC(c3ccc(OCCCCCCCCCCCCCCCCCC)cc3)CC2)cc1. The molecule has 0 amide bonds. The molecule has 0 aliphatic carbocycles. The molecule has 1 aliphatic rings. The summed E-state index contributed by atoms with van der Waals surface area (Å²) in [7, 11) is 0. The molecule has 3 rings (SSSR count). The van der Waals surface area contributed by atoms with E-state index in [9.17, 15) is 0 Å². The van der Waals surface area contributed by atoms with Crippen LogP contribution < -0.4 is 4.74 Å². The van der Waals surface area contributed by atoms with Gasteiger partial charge in [0, 0.05) is 18.0 Å². The third-order valence-corrected chi connectivity index (χ3v) is 9.76. The van der Waals surface area contributed by atoms with Crippen molar-refractivity contribution in [3.8, 4) is 5.75 Å². The van der Waals surface area contributed by atoms with E-state index < -0.39 is 0 Å². The fourth-order valence-electron chi connectivity index (χ4n) is 5.91. The van der Waals surface area contributed by atoms with Gasteiger partial charge in [0.1, 0.15) is 5.75 Å². The number of benzene rings is 2. The molecule has 2 nitrogen and oxygen atoms in total. The summed E-state index contributed by atoms with van der Waals surface area (Å²) < 4.78 is 8.57. The summed E-state index contributed by atoms with van der Waals surface area (Å²) in [5.41, 5.74) is 3.82. The van der Waals surface area contributed by atoms with Crippen molar-refractivity contribution in [1.29, 1.82) is 0 Å². The summed E-state index contributed by atoms with van der Waals surface area (Å²) in [5.74, 6) is 1.69. The van der Waals surface area contributed by atoms with E-state index in [1.165, 1.54) is 132 Å². The van der Waals surface area contributed by atoms with Gasteiger partial charge in [0.2, 0.25) is 0 Å². The van der Waals surface area contributed by atoms with E-state index in [4.69, 9.17) is 4.74 Å². The monoisotopic (exact) mass is 577 g/mol. The first kappa shape index (κ1) is 33.8. The molecule has 1 saturated heterocycles. The molecule has 2 aromatic carbocycles. The van der Waals surface area contributed by atoms with Crippen molar-refractivity contribution in [2.24, 2.45) is 0 Å². The molecule has 1 aliphatic heterocycles. The topological polar surface area (TPSA) is 12.5 Å². The van der Waals surface area contributed by atoms with Crippen molar-refractivity contribution in [3.05, 3.63) is 66.2 Å². The summed E-state index contributed by atoms with van der Waals surface area (Å²) in [6.07, 6.45) is 24.9.